The number of nitrogens with two attached hydrogens (primary N) is 1. The number of amides is 1. The Bertz CT molecular complexity index is 312. The summed E-state index contributed by atoms with van der Waals surface area (Å²) >= 11 is 0. The molecule has 21 heavy (non-hydrogen) atoms. The van der Waals surface area contributed by atoms with Crippen molar-refractivity contribution in [3.8, 4) is 0 Å². The number of nitrogens with one attached hydrogen (secondary N) is 1. The Morgan fingerprint density at radius 1 is 0.952 bits per heavy atom. The predicted octanol–water partition coefficient (Wildman–Crippen LogP) is -1.38. The molecule has 0 saturated heterocycles. The molecule has 7 nitrogen and oxygen atoms in total. The Hall–Kier alpha value is -0.730. The summed E-state index contributed by atoms with van der Waals surface area (Å²) in [4.78, 5) is 11.8. The molecule has 0 radical (unpaired) electrons. The van der Waals surface area contributed by atoms with Crippen molar-refractivity contribution in [3.63, 3.8) is 0 Å². The smallest absolute Gasteiger partial charge is 0.220 e. The lowest BCUT2D eigenvalue weighted by atomic mass is 9.82. The third-order valence-electron chi connectivity index (χ3n) is 4.06. The van der Waals surface area contributed by atoms with Gasteiger partial charge >= 0.3 is 0 Å². The van der Waals surface area contributed by atoms with Gasteiger partial charge in [0, 0.05) is 6.42 Å². The van der Waals surface area contributed by atoms with Gasteiger partial charge in [0.15, 0.2) is 0 Å². The maximum absolute atomic E-state index is 11.8. The first-order valence-electron chi connectivity index (χ1n) is 7.67. The molecule has 0 unspecified atom stereocenters. The second kappa shape index (κ2) is 8.65. The van der Waals surface area contributed by atoms with Crippen molar-refractivity contribution in [3.05, 3.63) is 0 Å². The summed E-state index contributed by atoms with van der Waals surface area (Å²) in [6.07, 6.45) is -0.458. The Morgan fingerprint density at radius 3 is 2.14 bits per heavy atom. The lowest BCUT2D eigenvalue weighted by molar-refractivity contribution is -0.157. The zero-order chi connectivity index (χ0) is 16.0. The van der Waals surface area contributed by atoms with Crippen LogP contribution in [0, 0.1) is 0 Å². The quantitative estimate of drug-likeness (QED) is 0.321. The van der Waals surface area contributed by atoms with Crippen molar-refractivity contribution in [2.75, 3.05) is 0 Å². The maximum Gasteiger partial charge on any atom is 0.220 e. The summed E-state index contributed by atoms with van der Waals surface area (Å²) in [5, 5.41) is 41.2. The van der Waals surface area contributed by atoms with E-state index in [9.17, 15) is 25.2 Å². The summed E-state index contributed by atoms with van der Waals surface area (Å²) in [5.41, 5.74) is 5.71. The van der Waals surface area contributed by atoms with Crippen molar-refractivity contribution in [1.82, 2.24) is 5.32 Å². The first-order chi connectivity index (χ1) is 9.90. The normalized spacial score (nSPS) is 36.5. The van der Waals surface area contributed by atoms with Crippen LogP contribution in [0.4, 0.5) is 0 Å². The number of aliphatic hydroxyl groups is 4. The number of hydrogen-bond donors (Lipinski definition) is 6. The van der Waals surface area contributed by atoms with Gasteiger partial charge in [-0.25, -0.2) is 0 Å². The van der Waals surface area contributed by atoms with Gasteiger partial charge in [-0.3, -0.25) is 4.79 Å². The Labute approximate surface area is 125 Å². The lowest BCUT2D eigenvalue weighted by Crippen LogP contribution is -2.70. The highest BCUT2D eigenvalue weighted by atomic mass is 16.4. The van der Waals surface area contributed by atoms with Gasteiger partial charge < -0.3 is 31.5 Å². The molecule has 7 N–H and O–H groups in total. The fourth-order valence-corrected chi connectivity index (χ4v) is 2.61. The van der Waals surface area contributed by atoms with Crippen molar-refractivity contribution < 1.29 is 25.2 Å². The molecule has 1 saturated carbocycles. The molecule has 1 rings (SSSR count). The minimum Gasteiger partial charge on any atom is -0.389 e. The summed E-state index contributed by atoms with van der Waals surface area (Å²) in [5.74, 6) is -0.276. The molecule has 1 aliphatic rings. The van der Waals surface area contributed by atoms with Gasteiger partial charge in [0.1, 0.15) is 18.3 Å². The molecule has 7 heteroatoms. The number of aliphatic hydroxyl groups excluding tert-OH is 4. The first kappa shape index (κ1) is 18.3. The lowest BCUT2D eigenvalue weighted by Gasteiger charge is -2.42. The molecule has 6 atom stereocenters. The van der Waals surface area contributed by atoms with E-state index in [-0.39, 0.29) is 5.91 Å². The van der Waals surface area contributed by atoms with Crippen LogP contribution >= 0.6 is 0 Å². The SMILES string of the molecule is CCCCCCCC(=O)N[C@H]1[C@H](N)[C@H](O)[C@@H](O)[C@H](O)[C@H]1O. The van der Waals surface area contributed by atoms with E-state index in [0.29, 0.717) is 6.42 Å². The van der Waals surface area contributed by atoms with E-state index >= 15 is 0 Å². The van der Waals surface area contributed by atoms with Crippen LogP contribution in [0.5, 0.6) is 0 Å². The summed E-state index contributed by atoms with van der Waals surface area (Å²) in [7, 11) is 0. The minimum absolute atomic E-state index is 0.276. The van der Waals surface area contributed by atoms with Crippen molar-refractivity contribution in [2.45, 2.75) is 81.9 Å². The van der Waals surface area contributed by atoms with Gasteiger partial charge in [0.2, 0.25) is 5.91 Å². The third-order valence-corrected chi connectivity index (χ3v) is 4.06. The molecule has 1 amide bonds. The number of carbonyl (C=O) groups is 1. The molecule has 1 fully saturated rings. The largest absolute Gasteiger partial charge is 0.389 e. The summed E-state index contributed by atoms with van der Waals surface area (Å²) in [6, 6.07) is -2.00. The van der Waals surface area contributed by atoms with Crippen LogP contribution in [0.25, 0.3) is 0 Å². The van der Waals surface area contributed by atoms with E-state index < -0.39 is 36.5 Å². The highest BCUT2D eigenvalue weighted by Gasteiger charge is 2.47. The van der Waals surface area contributed by atoms with E-state index in [1.54, 1.807) is 0 Å². The topological polar surface area (TPSA) is 136 Å². The van der Waals surface area contributed by atoms with Gasteiger partial charge in [0.25, 0.3) is 0 Å². The number of carbonyl (C=O) groups excluding carboxylic acids is 1. The molecule has 0 aromatic carbocycles. The van der Waals surface area contributed by atoms with Crippen molar-refractivity contribution in [2.24, 2.45) is 5.73 Å². The molecule has 0 aliphatic heterocycles. The van der Waals surface area contributed by atoms with Crippen LogP contribution in [-0.4, -0.2) is 62.8 Å². The Kier molecular flexibility index (Phi) is 7.55. The molecule has 0 aromatic rings. The van der Waals surface area contributed by atoms with E-state index in [0.717, 1.165) is 32.1 Å². The molecule has 0 spiro atoms. The molecule has 0 bridgehead atoms. The van der Waals surface area contributed by atoms with E-state index in [2.05, 4.69) is 12.2 Å². The second-order valence-corrected chi connectivity index (χ2v) is 5.80. The molecule has 124 valence electrons. The van der Waals surface area contributed by atoms with E-state index in [4.69, 9.17) is 5.73 Å². The number of rotatable bonds is 7. The van der Waals surface area contributed by atoms with E-state index in [1.807, 2.05) is 0 Å². The average Bonchev–Trinajstić information content (AvgIpc) is 2.47. The van der Waals surface area contributed by atoms with Crippen LogP contribution in [-0.2, 0) is 4.79 Å². The van der Waals surface area contributed by atoms with Crippen LogP contribution in [0.2, 0.25) is 0 Å². The predicted molar refractivity (Wildman–Crippen MR) is 77.3 cm³/mol. The summed E-state index contributed by atoms with van der Waals surface area (Å²) < 4.78 is 0. The van der Waals surface area contributed by atoms with Gasteiger partial charge in [-0.1, -0.05) is 32.6 Å². The zero-order valence-electron chi connectivity index (χ0n) is 12.5. The third kappa shape index (κ3) is 4.89. The molecule has 1 aliphatic carbocycles. The van der Waals surface area contributed by atoms with Crippen LogP contribution in [0.15, 0.2) is 0 Å². The fraction of sp³-hybridized carbons (Fsp3) is 0.929. The fourth-order valence-electron chi connectivity index (χ4n) is 2.61. The number of hydrogen-bond acceptors (Lipinski definition) is 6. The van der Waals surface area contributed by atoms with Crippen LogP contribution < -0.4 is 11.1 Å². The van der Waals surface area contributed by atoms with Gasteiger partial charge in [-0.05, 0) is 6.42 Å². The Balaban J connectivity index is 2.43. The van der Waals surface area contributed by atoms with Crippen LogP contribution in [0.1, 0.15) is 45.4 Å². The molecular weight excluding hydrogens is 276 g/mol. The second-order valence-electron chi connectivity index (χ2n) is 5.80. The Morgan fingerprint density at radius 2 is 1.52 bits per heavy atom. The standard InChI is InChI=1S/C14H28N2O5/c1-2-3-4-5-6-7-8(17)16-10-9(15)11(18)13(20)14(21)12(10)19/h9-14,18-21H,2-7,15H2,1H3,(H,16,17)/t9-,10-,11-,12-,13+,14+/m0/s1. The summed E-state index contributed by atoms with van der Waals surface area (Å²) in [6.45, 7) is 2.11. The number of unbranched alkanes of at least 4 members (excludes halogenated alkanes) is 4. The van der Waals surface area contributed by atoms with Gasteiger partial charge in [-0.2, -0.15) is 0 Å². The monoisotopic (exact) mass is 304 g/mol. The maximum atomic E-state index is 11.8. The van der Waals surface area contributed by atoms with Crippen LogP contribution in [0.3, 0.4) is 0 Å². The van der Waals surface area contributed by atoms with Gasteiger partial charge in [-0.15, -0.1) is 0 Å². The van der Waals surface area contributed by atoms with Crippen molar-refractivity contribution in [1.29, 1.82) is 0 Å². The molecule has 0 heterocycles. The van der Waals surface area contributed by atoms with Gasteiger partial charge in [0.05, 0.1) is 18.2 Å². The highest BCUT2D eigenvalue weighted by molar-refractivity contribution is 5.76. The minimum atomic E-state index is -1.53. The average molecular weight is 304 g/mol. The molecular formula is C14H28N2O5. The van der Waals surface area contributed by atoms with Crippen molar-refractivity contribution >= 4 is 5.91 Å². The molecule has 0 aromatic heterocycles. The zero-order valence-corrected chi connectivity index (χ0v) is 12.5. The first-order valence-corrected chi connectivity index (χ1v) is 7.67. The highest BCUT2D eigenvalue weighted by Crippen LogP contribution is 2.20. The van der Waals surface area contributed by atoms with E-state index in [1.165, 1.54) is 0 Å².